The number of methoxy groups -OCH3 is 1. The van der Waals surface area contributed by atoms with Crippen LogP contribution in [0, 0.1) is 23.0 Å². The van der Waals surface area contributed by atoms with Gasteiger partial charge in [0.25, 0.3) is 11.6 Å². The van der Waals surface area contributed by atoms with E-state index < -0.39 is 22.8 Å². The van der Waals surface area contributed by atoms with Crippen LogP contribution in [-0.4, -0.2) is 30.0 Å². The Balaban J connectivity index is 3.12. The van der Waals surface area contributed by atoms with Gasteiger partial charge in [-0.3, -0.25) is 14.9 Å². The number of ether oxygens (including phenoxy) is 1. The number of nitro groups is 1. The van der Waals surface area contributed by atoms with E-state index >= 15 is 0 Å². The lowest BCUT2D eigenvalue weighted by atomic mass is 10.0. The maximum Gasteiger partial charge on any atom is 0.328 e. The summed E-state index contributed by atoms with van der Waals surface area (Å²) in [4.78, 5) is 34.4. The van der Waals surface area contributed by atoms with Crippen LogP contribution in [0.25, 0.3) is 0 Å². The Hall–Kier alpha value is -2.44. The van der Waals surface area contributed by atoms with Gasteiger partial charge in [-0.15, -0.1) is 0 Å². The molecular weight excluding hydrogens is 276 g/mol. The van der Waals surface area contributed by atoms with Crippen LogP contribution in [-0.2, 0) is 9.53 Å². The van der Waals surface area contributed by atoms with Crippen LogP contribution in [0.4, 0.5) is 5.69 Å². The van der Waals surface area contributed by atoms with E-state index in [1.165, 1.54) is 13.2 Å². The summed E-state index contributed by atoms with van der Waals surface area (Å²) in [5, 5.41) is 13.6. The van der Waals surface area contributed by atoms with Crippen molar-refractivity contribution in [3.63, 3.8) is 0 Å². The number of rotatable bonds is 5. The largest absolute Gasteiger partial charge is 0.467 e. The van der Waals surface area contributed by atoms with Gasteiger partial charge in [-0.1, -0.05) is 26.0 Å². The summed E-state index contributed by atoms with van der Waals surface area (Å²) in [5.41, 5.74) is 0.0451. The molecule has 0 aliphatic carbocycles. The van der Waals surface area contributed by atoms with Crippen LogP contribution in [0.1, 0.15) is 29.8 Å². The lowest BCUT2D eigenvalue weighted by Crippen LogP contribution is -2.45. The number of benzene rings is 1. The van der Waals surface area contributed by atoms with E-state index in [4.69, 9.17) is 0 Å². The van der Waals surface area contributed by atoms with Crippen molar-refractivity contribution in [1.82, 2.24) is 5.32 Å². The van der Waals surface area contributed by atoms with Gasteiger partial charge in [-0.25, -0.2) is 4.79 Å². The Morgan fingerprint density at radius 2 is 1.95 bits per heavy atom. The van der Waals surface area contributed by atoms with Gasteiger partial charge >= 0.3 is 5.97 Å². The molecule has 0 aliphatic rings. The second kappa shape index (κ2) is 6.83. The smallest absolute Gasteiger partial charge is 0.328 e. The molecule has 1 aromatic carbocycles. The number of carbonyl (C=O) groups excluding carboxylic acids is 2. The SMILES string of the molecule is COC(=O)[C@@H](NC(=O)c1cccc(C)c1[N+](=O)[O-])C(C)C. The molecule has 0 spiro atoms. The van der Waals surface area contributed by atoms with Crippen LogP contribution >= 0.6 is 0 Å². The van der Waals surface area contributed by atoms with E-state index in [1.807, 2.05) is 0 Å². The number of carbonyl (C=O) groups is 2. The Labute approximate surface area is 122 Å². The number of esters is 1. The zero-order valence-corrected chi connectivity index (χ0v) is 12.4. The van der Waals surface area contributed by atoms with Gasteiger partial charge in [0, 0.05) is 5.56 Å². The first-order chi connectivity index (χ1) is 9.79. The zero-order valence-electron chi connectivity index (χ0n) is 12.4. The topological polar surface area (TPSA) is 98.5 Å². The van der Waals surface area contributed by atoms with Crippen molar-refractivity contribution in [2.45, 2.75) is 26.8 Å². The van der Waals surface area contributed by atoms with Crippen molar-refractivity contribution in [1.29, 1.82) is 0 Å². The van der Waals surface area contributed by atoms with Gasteiger partial charge in [0.1, 0.15) is 11.6 Å². The molecule has 0 aromatic heterocycles. The summed E-state index contributed by atoms with van der Waals surface area (Å²) >= 11 is 0. The minimum Gasteiger partial charge on any atom is -0.467 e. The van der Waals surface area contributed by atoms with Crippen LogP contribution in [0.5, 0.6) is 0 Å². The van der Waals surface area contributed by atoms with Gasteiger partial charge < -0.3 is 10.1 Å². The highest BCUT2D eigenvalue weighted by atomic mass is 16.6. The molecule has 0 aliphatic heterocycles. The molecule has 114 valence electrons. The molecule has 0 bridgehead atoms. The fourth-order valence-corrected chi connectivity index (χ4v) is 1.93. The molecule has 0 radical (unpaired) electrons. The summed E-state index contributed by atoms with van der Waals surface area (Å²) in [6.45, 7) is 5.04. The Bertz CT molecular complexity index is 568. The first-order valence-electron chi connectivity index (χ1n) is 6.42. The fourth-order valence-electron chi connectivity index (χ4n) is 1.93. The monoisotopic (exact) mass is 294 g/mol. The fraction of sp³-hybridized carbons (Fsp3) is 0.429. The predicted molar refractivity (Wildman–Crippen MR) is 75.9 cm³/mol. The van der Waals surface area contributed by atoms with Crippen LogP contribution in [0.3, 0.4) is 0 Å². The van der Waals surface area contributed by atoms with E-state index in [9.17, 15) is 19.7 Å². The number of hydrogen-bond donors (Lipinski definition) is 1. The normalized spacial score (nSPS) is 11.9. The molecule has 21 heavy (non-hydrogen) atoms. The van der Waals surface area contributed by atoms with E-state index in [-0.39, 0.29) is 17.2 Å². The summed E-state index contributed by atoms with van der Waals surface area (Å²) in [5.74, 6) is -1.46. The van der Waals surface area contributed by atoms with E-state index in [1.54, 1.807) is 32.9 Å². The second-order valence-corrected chi connectivity index (χ2v) is 4.95. The number of nitrogens with zero attached hydrogens (tertiary/aromatic N) is 1. The Morgan fingerprint density at radius 1 is 1.33 bits per heavy atom. The first-order valence-corrected chi connectivity index (χ1v) is 6.42. The minimum absolute atomic E-state index is 0.0745. The summed E-state index contributed by atoms with van der Waals surface area (Å²) in [7, 11) is 1.22. The number of nitro benzene ring substituents is 1. The third kappa shape index (κ3) is 3.77. The highest BCUT2D eigenvalue weighted by molar-refractivity contribution is 6.00. The molecule has 0 saturated heterocycles. The van der Waals surface area contributed by atoms with Crippen LogP contribution in [0.2, 0.25) is 0 Å². The van der Waals surface area contributed by atoms with Crippen molar-refractivity contribution in [2.75, 3.05) is 7.11 Å². The van der Waals surface area contributed by atoms with Crippen molar-refractivity contribution < 1.29 is 19.2 Å². The molecule has 0 unspecified atom stereocenters. The van der Waals surface area contributed by atoms with Crippen molar-refractivity contribution in [3.05, 3.63) is 39.4 Å². The first kappa shape index (κ1) is 16.6. The average molecular weight is 294 g/mol. The third-order valence-electron chi connectivity index (χ3n) is 3.07. The lowest BCUT2D eigenvalue weighted by Gasteiger charge is -2.19. The van der Waals surface area contributed by atoms with Crippen LogP contribution < -0.4 is 5.32 Å². The van der Waals surface area contributed by atoms with Gasteiger partial charge in [0.05, 0.1) is 12.0 Å². The highest BCUT2D eigenvalue weighted by Gasteiger charge is 2.29. The summed E-state index contributed by atoms with van der Waals surface area (Å²) in [6.07, 6.45) is 0. The zero-order chi connectivity index (χ0) is 16.2. The molecule has 0 saturated carbocycles. The molecule has 0 fully saturated rings. The molecular formula is C14H18N2O5. The predicted octanol–water partition coefficient (Wildman–Crippen LogP) is 1.83. The molecule has 1 atom stereocenters. The van der Waals surface area contributed by atoms with E-state index in [0.29, 0.717) is 5.56 Å². The lowest BCUT2D eigenvalue weighted by molar-refractivity contribution is -0.385. The van der Waals surface area contributed by atoms with Crippen LogP contribution in [0.15, 0.2) is 18.2 Å². The van der Waals surface area contributed by atoms with Gasteiger partial charge in [-0.05, 0) is 18.9 Å². The van der Waals surface area contributed by atoms with E-state index in [2.05, 4.69) is 10.1 Å². The van der Waals surface area contributed by atoms with Gasteiger partial charge in [0.15, 0.2) is 0 Å². The number of para-hydroxylation sites is 1. The Kier molecular flexibility index (Phi) is 5.40. The van der Waals surface area contributed by atoms with E-state index in [0.717, 1.165) is 0 Å². The van der Waals surface area contributed by atoms with Crippen molar-refractivity contribution in [3.8, 4) is 0 Å². The average Bonchev–Trinajstić information content (AvgIpc) is 2.42. The minimum atomic E-state index is -0.859. The van der Waals surface area contributed by atoms with Crippen molar-refractivity contribution in [2.24, 2.45) is 5.92 Å². The standard InChI is InChI=1S/C14H18N2O5/c1-8(2)11(14(18)21-4)15-13(17)10-7-5-6-9(3)12(10)16(19)20/h5-8,11H,1-4H3,(H,15,17)/t11-/m0/s1. The van der Waals surface area contributed by atoms with Gasteiger partial charge in [-0.2, -0.15) is 0 Å². The van der Waals surface area contributed by atoms with Gasteiger partial charge in [0.2, 0.25) is 0 Å². The molecule has 7 nitrogen and oxygen atoms in total. The highest BCUT2D eigenvalue weighted by Crippen LogP contribution is 2.23. The number of amides is 1. The number of nitrogens with one attached hydrogen (secondary N) is 1. The quantitative estimate of drug-likeness (QED) is 0.507. The Morgan fingerprint density at radius 3 is 2.43 bits per heavy atom. The molecule has 1 amide bonds. The number of hydrogen-bond acceptors (Lipinski definition) is 5. The van der Waals surface area contributed by atoms with Crippen molar-refractivity contribution >= 4 is 17.6 Å². The second-order valence-electron chi connectivity index (χ2n) is 4.95. The molecule has 1 aromatic rings. The third-order valence-corrected chi connectivity index (χ3v) is 3.07. The molecule has 7 heteroatoms. The number of aryl methyl sites for hydroxylation is 1. The summed E-state index contributed by atoms with van der Waals surface area (Å²) < 4.78 is 4.62. The summed E-state index contributed by atoms with van der Waals surface area (Å²) in [6, 6.07) is 3.60. The maximum atomic E-state index is 12.2. The maximum absolute atomic E-state index is 12.2. The molecule has 0 heterocycles. The molecule has 1 N–H and O–H groups in total. The molecule has 1 rings (SSSR count).